The lowest BCUT2D eigenvalue weighted by Crippen LogP contribution is -2.05. The highest BCUT2D eigenvalue weighted by molar-refractivity contribution is 5.68. The Bertz CT molecular complexity index is 282. The van der Waals surface area contributed by atoms with E-state index < -0.39 is 5.97 Å². The molecule has 4 nitrogen and oxygen atoms in total. The van der Waals surface area contributed by atoms with E-state index in [1.165, 1.54) is 0 Å². The van der Waals surface area contributed by atoms with Crippen LogP contribution in [0.2, 0.25) is 0 Å². The fourth-order valence-electron chi connectivity index (χ4n) is 1.03. The summed E-state index contributed by atoms with van der Waals surface area (Å²) in [7, 11) is 0. The van der Waals surface area contributed by atoms with Crippen molar-refractivity contribution in [2.45, 2.75) is 26.2 Å². The second-order valence-corrected chi connectivity index (χ2v) is 2.83. The number of aryl methyl sites for hydroxylation is 1. The van der Waals surface area contributed by atoms with Crippen LogP contribution in [0.5, 0.6) is 0 Å². The minimum absolute atomic E-state index is 0.105. The average Bonchev–Trinajstić information content (AvgIpc) is 2.08. The van der Waals surface area contributed by atoms with Gasteiger partial charge in [0, 0.05) is 12.4 Å². The lowest BCUT2D eigenvalue weighted by atomic mass is 10.2. The lowest BCUT2D eigenvalue weighted by molar-refractivity contribution is -0.136. The van der Waals surface area contributed by atoms with Gasteiger partial charge >= 0.3 is 5.97 Å². The third kappa shape index (κ3) is 3.19. The molecule has 1 N–H and O–H groups in total. The fraction of sp³-hybridized carbons (Fsp3) is 0.444. The van der Waals surface area contributed by atoms with Crippen molar-refractivity contribution in [2.75, 3.05) is 0 Å². The molecule has 0 spiro atoms. The standard InChI is InChI=1S/C9H12N2O2/c1-2-3-7-5-10-8(11-6-7)4-9(12)13/h5-6H,2-4H2,1H3,(H,12,13). The molecule has 1 aromatic rings. The number of hydrogen-bond donors (Lipinski definition) is 1. The molecule has 0 aliphatic heterocycles. The number of aliphatic carboxylic acids is 1. The zero-order chi connectivity index (χ0) is 9.68. The quantitative estimate of drug-likeness (QED) is 0.752. The Morgan fingerprint density at radius 3 is 2.54 bits per heavy atom. The maximum Gasteiger partial charge on any atom is 0.311 e. The van der Waals surface area contributed by atoms with Crippen LogP contribution in [0.4, 0.5) is 0 Å². The van der Waals surface area contributed by atoms with Gasteiger partial charge < -0.3 is 5.11 Å². The van der Waals surface area contributed by atoms with Crippen molar-refractivity contribution in [3.63, 3.8) is 0 Å². The van der Waals surface area contributed by atoms with Gasteiger partial charge in [0.25, 0.3) is 0 Å². The normalized spacial score (nSPS) is 9.92. The number of nitrogens with zero attached hydrogens (tertiary/aromatic N) is 2. The zero-order valence-electron chi connectivity index (χ0n) is 7.53. The zero-order valence-corrected chi connectivity index (χ0v) is 7.53. The number of carboxylic acids is 1. The van der Waals surface area contributed by atoms with E-state index in [1.807, 2.05) is 0 Å². The summed E-state index contributed by atoms with van der Waals surface area (Å²) >= 11 is 0. The molecule has 0 unspecified atom stereocenters. The summed E-state index contributed by atoms with van der Waals surface area (Å²) in [5.41, 5.74) is 1.05. The van der Waals surface area contributed by atoms with Gasteiger partial charge in [-0.2, -0.15) is 0 Å². The van der Waals surface area contributed by atoms with Crippen molar-refractivity contribution in [3.8, 4) is 0 Å². The van der Waals surface area contributed by atoms with Gasteiger partial charge in [0.1, 0.15) is 12.2 Å². The SMILES string of the molecule is CCCc1cnc(CC(=O)O)nc1. The number of carboxylic acid groups (broad SMARTS) is 1. The van der Waals surface area contributed by atoms with Crippen molar-refractivity contribution in [1.82, 2.24) is 9.97 Å². The topological polar surface area (TPSA) is 63.1 Å². The molecule has 0 aliphatic rings. The average molecular weight is 180 g/mol. The van der Waals surface area contributed by atoms with E-state index >= 15 is 0 Å². The molecule has 0 aromatic carbocycles. The molecule has 4 heteroatoms. The van der Waals surface area contributed by atoms with Crippen molar-refractivity contribution >= 4 is 5.97 Å². The van der Waals surface area contributed by atoms with Crippen LogP contribution in [0.15, 0.2) is 12.4 Å². The first kappa shape index (κ1) is 9.64. The Hall–Kier alpha value is -1.45. The molecular formula is C9H12N2O2. The third-order valence-corrected chi connectivity index (χ3v) is 1.61. The van der Waals surface area contributed by atoms with E-state index in [9.17, 15) is 4.79 Å². The summed E-state index contributed by atoms with van der Waals surface area (Å²) in [4.78, 5) is 18.2. The highest BCUT2D eigenvalue weighted by Gasteiger charge is 2.02. The van der Waals surface area contributed by atoms with E-state index in [0.29, 0.717) is 5.82 Å². The third-order valence-electron chi connectivity index (χ3n) is 1.61. The second kappa shape index (κ2) is 4.54. The van der Waals surface area contributed by atoms with Crippen LogP contribution >= 0.6 is 0 Å². The monoisotopic (exact) mass is 180 g/mol. The van der Waals surface area contributed by atoms with Gasteiger partial charge in [-0.25, -0.2) is 9.97 Å². The number of hydrogen-bond acceptors (Lipinski definition) is 3. The van der Waals surface area contributed by atoms with E-state index in [1.54, 1.807) is 12.4 Å². The van der Waals surface area contributed by atoms with Crippen molar-refractivity contribution < 1.29 is 9.90 Å². The Balaban J connectivity index is 2.64. The van der Waals surface area contributed by atoms with E-state index in [4.69, 9.17) is 5.11 Å². The smallest absolute Gasteiger partial charge is 0.311 e. The molecule has 0 saturated carbocycles. The first-order valence-electron chi connectivity index (χ1n) is 4.24. The van der Waals surface area contributed by atoms with E-state index in [-0.39, 0.29) is 6.42 Å². The molecule has 0 bridgehead atoms. The van der Waals surface area contributed by atoms with Crippen LogP contribution in [-0.4, -0.2) is 21.0 Å². The molecule has 1 rings (SSSR count). The fourth-order valence-corrected chi connectivity index (χ4v) is 1.03. The van der Waals surface area contributed by atoms with Crippen molar-refractivity contribution in [1.29, 1.82) is 0 Å². The molecule has 0 fully saturated rings. The van der Waals surface area contributed by atoms with Gasteiger partial charge in [-0.15, -0.1) is 0 Å². The highest BCUT2D eigenvalue weighted by atomic mass is 16.4. The molecule has 0 aliphatic carbocycles. The molecule has 1 heterocycles. The lowest BCUT2D eigenvalue weighted by Gasteiger charge is -1.98. The molecule has 0 atom stereocenters. The highest BCUT2D eigenvalue weighted by Crippen LogP contribution is 2.00. The first-order chi connectivity index (χ1) is 6.22. The second-order valence-electron chi connectivity index (χ2n) is 2.83. The molecular weight excluding hydrogens is 168 g/mol. The maximum atomic E-state index is 10.3. The van der Waals surface area contributed by atoms with Gasteiger partial charge in [0.05, 0.1) is 0 Å². The Kier molecular flexibility index (Phi) is 3.37. The van der Waals surface area contributed by atoms with Crippen LogP contribution in [-0.2, 0) is 17.6 Å². The summed E-state index contributed by atoms with van der Waals surface area (Å²) < 4.78 is 0. The maximum absolute atomic E-state index is 10.3. The van der Waals surface area contributed by atoms with Gasteiger partial charge in [-0.05, 0) is 12.0 Å². The number of aromatic nitrogens is 2. The summed E-state index contributed by atoms with van der Waals surface area (Å²) in [5.74, 6) is -0.532. The summed E-state index contributed by atoms with van der Waals surface area (Å²) in [6, 6.07) is 0. The van der Waals surface area contributed by atoms with Crippen LogP contribution in [0.25, 0.3) is 0 Å². The van der Waals surface area contributed by atoms with Gasteiger partial charge in [0.2, 0.25) is 0 Å². The Labute approximate surface area is 76.7 Å². The molecule has 13 heavy (non-hydrogen) atoms. The first-order valence-corrected chi connectivity index (χ1v) is 4.24. The van der Waals surface area contributed by atoms with Gasteiger partial charge in [-0.1, -0.05) is 13.3 Å². The molecule has 0 radical (unpaired) electrons. The summed E-state index contributed by atoms with van der Waals surface area (Å²) in [6.45, 7) is 2.07. The van der Waals surface area contributed by atoms with Crippen LogP contribution in [0, 0.1) is 0 Å². The molecule has 0 amide bonds. The summed E-state index contributed by atoms with van der Waals surface area (Å²) in [6.07, 6.45) is 5.25. The van der Waals surface area contributed by atoms with Crippen LogP contribution in [0.3, 0.4) is 0 Å². The predicted molar refractivity (Wildman–Crippen MR) is 47.4 cm³/mol. The van der Waals surface area contributed by atoms with Crippen molar-refractivity contribution in [3.05, 3.63) is 23.8 Å². The largest absolute Gasteiger partial charge is 0.481 e. The van der Waals surface area contributed by atoms with Crippen LogP contribution < -0.4 is 0 Å². The summed E-state index contributed by atoms with van der Waals surface area (Å²) in [5, 5.41) is 8.46. The Morgan fingerprint density at radius 1 is 1.46 bits per heavy atom. The van der Waals surface area contributed by atoms with Crippen molar-refractivity contribution in [2.24, 2.45) is 0 Å². The number of carbonyl (C=O) groups is 1. The molecule has 0 saturated heterocycles. The van der Waals surface area contributed by atoms with Crippen LogP contribution in [0.1, 0.15) is 24.7 Å². The van der Waals surface area contributed by atoms with Gasteiger partial charge in [-0.3, -0.25) is 4.79 Å². The molecule has 70 valence electrons. The van der Waals surface area contributed by atoms with E-state index in [2.05, 4.69) is 16.9 Å². The molecule has 1 aromatic heterocycles. The van der Waals surface area contributed by atoms with E-state index in [0.717, 1.165) is 18.4 Å². The predicted octanol–water partition coefficient (Wildman–Crippen LogP) is 1.06. The minimum atomic E-state index is -0.900. The Morgan fingerprint density at radius 2 is 2.08 bits per heavy atom. The minimum Gasteiger partial charge on any atom is -0.481 e. The number of rotatable bonds is 4. The van der Waals surface area contributed by atoms with Gasteiger partial charge in [0.15, 0.2) is 0 Å².